The highest BCUT2D eigenvalue weighted by atomic mass is 79.9. The molecule has 3 rings (SSSR count). The summed E-state index contributed by atoms with van der Waals surface area (Å²) in [7, 11) is -3.18. The van der Waals surface area contributed by atoms with E-state index in [1.165, 1.54) is 10.6 Å². The largest absolute Gasteiger partial charge is 0.339 e. The van der Waals surface area contributed by atoms with Gasteiger partial charge in [0.25, 0.3) is 0 Å². The normalized spacial score (nSPS) is 20.2. The maximum Gasteiger partial charge on any atom is 0.231 e. The molecule has 1 saturated heterocycles. The number of piperidine rings is 1. The van der Waals surface area contributed by atoms with Gasteiger partial charge in [0.05, 0.1) is 12.2 Å². The highest BCUT2D eigenvalue weighted by molar-refractivity contribution is 9.10. The zero-order chi connectivity index (χ0) is 15.7. The van der Waals surface area contributed by atoms with Crippen LogP contribution in [0.5, 0.6) is 0 Å². The zero-order valence-corrected chi connectivity index (χ0v) is 14.5. The van der Waals surface area contributed by atoms with Crippen LogP contribution in [-0.2, 0) is 10.0 Å². The first kappa shape index (κ1) is 15.6. The predicted molar refractivity (Wildman–Crippen MR) is 85.8 cm³/mol. The molecule has 1 aliphatic heterocycles. The van der Waals surface area contributed by atoms with Crippen LogP contribution in [0.15, 0.2) is 33.3 Å². The molecule has 0 spiro atoms. The van der Waals surface area contributed by atoms with Crippen LogP contribution in [0.25, 0.3) is 11.4 Å². The number of sulfonamides is 1. The molecule has 2 heterocycles. The van der Waals surface area contributed by atoms with Crippen molar-refractivity contribution in [2.45, 2.75) is 18.8 Å². The molecular weight excluding hydrogens is 370 g/mol. The Morgan fingerprint density at radius 2 is 2.14 bits per heavy atom. The van der Waals surface area contributed by atoms with Crippen LogP contribution in [-0.4, -0.2) is 42.2 Å². The highest BCUT2D eigenvalue weighted by Crippen LogP contribution is 2.30. The summed E-state index contributed by atoms with van der Waals surface area (Å²) < 4.78 is 31.1. The standard InChI is InChI=1S/C14H16BrN3O3S/c1-22(19,20)18-8-4-5-10(9-18)14-16-13(17-21-14)11-6-2-3-7-12(11)15/h2-3,6-7,10H,4-5,8-9H2,1H3/t10-/m0/s1. The smallest absolute Gasteiger partial charge is 0.231 e. The Hall–Kier alpha value is -1.25. The van der Waals surface area contributed by atoms with E-state index < -0.39 is 10.0 Å². The maximum absolute atomic E-state index is 11.7. The molecule has 0 saturated carbocycles. The molecule has 22 heavy (non-hydrogen) atoms. The molecule has 0 aliphatic carbocycles. The van der Waals surface area contributed by atoms with Crippen molar-refractivity contribution in [3.05, 3.63) is 34.6 Å². The van der Waals surface area contributed by atoms with E-state index in [1.54, 1.807) is 0 Å². The summed E-state index contributed by atoms with van der Waals surface area (Å²) in [6, 6.07) is 7.64. The van der Waals surface area contributed by atoms with Gasteiger partial charge in [-0.1, -0.05) is 33.2 Å². The summed E-state index contributed by atoms with van der Waals surface area (Å²) in [4.78, 5) is 4.45. The van der Waals surface area contributed by atoms with Gasteiger partial charge >= 0.3 is 0 Å². The Bertz CT molecular complexity index is 775. The van der Waals surface area contributed by atoms with Crippen molar-refractivity contribution in [3.8, 4) is 11.4 Å². The SMILES string of the molecule is CS(=O)(=O)N1CCC[C@H](c2nc(-c3ccccc3Br)no2)C1. The molecule has 1 aromatic carbocycles. The number of aromatic nitrogens is 2. The number of halogens is 1. The molecular formula is C14H16BrN3O3S. The van der Waals surface area contributed by atoms with Gasteiger partial charge in [-0.25, -0.2) is 12.7 Å². The lowest BCUT2D eigenvalue weighted by atomic mass is 10.00. The zero-order valence-electron chi connectivity index (χ0n) is 12.1. The van der Waals surface area contributed by atoms with Gasteiger partial charge in [-0.2, -0.15) is 4.98 Å². The Labute approximate surface area is 137 Å². The molecule has 1 fully saturated rings. The van der Waals surface area contributed by atoms with Gasteiger partial charge in [0.2, 0.25) is 21.7 Å². The predicted octanol–water partition coefficient (Wildman–Crippen LogP) is 2.64. The molecule has 0 N–H and O–H groups in total. The third-order valence-electron chi connectivity index (χ3n) is 3.76. The van der Waals surface area contributed by atoms with E-state index in [9.17, 15) is 8.42 Å². The van der Waals surface area contributed by atoms with Gasteiger partial charge in [0.15, 0.2) is 0 Å². The molecule has 0 unspecified atom stereocenters. The van der Waals surface area contributed by atoms with Crippen molar-refractivity contribution in [3.63, 3.8) is 0 Å². The first-order valence-corrected chi connectivity index (χ1v) is 9.63. The van der Waals surface area contributed by atoms with Crippen LogP contribution in [0.2, 0.25) is 0 Å². The second-order valence-electron chi connectivity index (χ2n) is 5.40. The third kappa shape index (κ3) is 3.23. The first-order valence-electron chi connectivity index (χ1n) is 6.99. The van der Waals surface area contributed by atoms with E-state index in [2.05, 4.69) is 26.1 Å². The summed E-state index contributed by atoms with van der Waals surface area (Å²) in [5.41, 5.74) is 0.855. The minimum Gasteiger partial charge on any atom is -0.339 e. The van der Waals surface area contributed by atoms with Gasteiger partial charge in [-0.3, -0.25) is 0 Å². The second-order valence-corrected chi connectivity index (χ2v) is 8.23. The average Bonchev–Trinajstić information content (AvgIpc) is 2.97. The molecule has 8 heteroatoms. The molecule has 0 amide bonds. The highest BCUT2D eigenvalue weighted by Gasteiger charge is 2.30. The molecule has 0 radical (unpaired) electrons. The lowest BCUT2D eigenvalue weighted by molar-refractivity contribution is 0.266. The Kier molecular flexibility index (Phi) is 4.33. The third-order valence-corrected chi connectivity index (χ3v) is 5.72. The topological polar surface area (TPSA) is 76.3 Å². The summed E-state index contributed by atoms with van der Waals surface area (Å²) in [6.45, 7) is 0.955. The van der Waals surface area contributed by atoms with Crippen molar-refractivity contribution < 1.29 is 12.9 Å². The minimum absolute atomic E-state index is 0.0489. The van der Waals surface area contributed by atoms with E-state index in [-0.39, 0.29) is 5.92 Å². The van der Waals surface area contributed by atoms with Crippen LogP contribution >= 0.6 is 15.9 Å². The molecule has 6 nitrogen and oxygen atoms in total. The molecule has 1 aromatic heterocycles. The van der Waals surface area contributed by atoms with Crippen molar-refractivity contribution in [1.29, 1.82) is 0 Å². The summed E-state index contributed by atoms with van der Waals surface area (Å²) in [5, 5.41) is 4.03. The molecule has 2 aromatic rings. The fourth-order valence-corrected chi connectivity index (χ4v) is 3.97. The van der Waals surface area contributed by atoms with Gasteiger partial charge in [0, 0.05) is 23.1 Å². The van der Waals surface area contributed by atoms with Crippen molar-refractivity contribution in [2.24, 2.45) is 0 Å². The Morgan fingerprint density at radius 1 is 1.36 bits per heavy atom. The fourth-order valence-electron chi connectivity index (χ4n) is 2.60. The summed E-state index contributed by atoms with van der Waals surface area (Å²) in [5.74, 6) is 0.963. The minimum atomic E-state index is -3.18. The van der Waals surface area contributed by atoms with Crippen LogP contribution in [0, 0.1) is 0 Å². The van der Waals surface area contributed by atoms with Gasteiger partial charge in [-0.05, 0) is 25.0 Å². The Morgan fingerprint density at radius 3 is 2.86 bits per heavy atom. The van der Waals surface area contributed by atoms with E-state index in [0.29, 0.717) is 24.8 Å². The Balaban J connectivity index is 1.84. The number of benzene rings is 1. The fraction of sp³-hybridized carbons (Fsp3) is 0.429. The van der Waals surface area contributed by atoms with E-state index in [4.69, 9.17) is 4.52 Å². The summed E-state index contributed by atoms with van der Waals surface area (Å²) in [6.07, 6.45) is 2.88. The van der Waals surface area contributed by atoms with Gasteiger partial charge in [0.1, 0.15) is 0 Å². The lowest BCUT2D eigenvalue weighted by Gasteiger charge is -2.28. The maximum atomic E-state index is 11.7. The quantitative estimate of drug-likeness (QED) is 0.811. The van der Waals surface area contributed by atoms with Crippen LogP contribution in [0.3, 0.4) is 0 Å². The molecule has 1 aliphatic rings. The second kappa shape index (κ2) is 6.10. The number of nitrogens with zero attached hydrogens (tertiary/aromatic N) is 3. The monoisotopic (exact) mass is 385 g/mol. The van der Waals surface area contributed by atoms with Gasteiger partial charge < -0.3 is 4.52 Å². The molecule has 0 bridgehead atoms. The average molecular weight is 386 g/mol. The van der Waals surface area contributed by atoms with E-state index in [1.807, 2.05) is 24.3 Å². The van der Waals surface area contributed by atoms with Crippen LogP contribution in [0.1, 0.15) is 24.7 Å². The van der Waals surface area contributed by atoms with E-state index >= 15 is 0 Å². The van der Waals surface area contributed by atoms with Crippen molar-refractivity contribution >= 4 is 26.0 Å². The number of hydrogen-bond donors (Lipinski definition) is 0. The van der Waals surface area contributed by atoms with Crippen LogP contribution in [0.4, 0.5) is 0 Å². The number of hydrogen-bond acceptors (Lipinski definition) is 5. The molecule has 118 valence electrons. The van der Waals surface area contributed by atoms with Crippen molar-refractivity contribution in [2.75, 3.05) is 19.3 Å². The van der Waals surface area contributed by atoms with E-state index in [0.717, 1.165) is 22.9 Å². The van der Waals surface area contributed by atoms with Gasteiger partial charge in [-0.15, -0.1) is 0 Å². The summed E-state index contributed by atoms with van der Waals surface area (Å²) >= 11 is 3.46. The van der Waals surface area contributed by atoms with Crippen LogP contribution < -0.4 is 0 Å². The van der Waals surface area contributed by atoms with Crippen molar-refractivity contribution in [1.82, 2.24) is 14.4 Å². The lowest BCUT2D eigenvalue weighted by Crippen LogP contribution is -2.38. The first-order chi connectivity index (χ1) is 10.4. The molecule has 1 atom stereocenters. The number of rotatable bonds is 3.